The zero-order valence-electron chi connectivity index (χ0n) is 13.8. The Morgan fingerprint density at radius 3 is 2.46 bits per heavy atom. The molecular formula is C19H18N2O3. The highest BCUT2D eigenvalue weighted by atomic mass is 16.5. The summed E-state index contributed by atoms with van der Waals surface area (Å²) in [5.41, 5.74) is 3.11. The number of methoxy groups -OCH3 is 2. The Morgan fingerprint density at radius 2 is 1.79 bits per heavy atom. The largest absolute Gasteiger partial charge is 0.481 e. The average molecular weight is 322 g/mol. The molecule has 0 aliphatic rings. The third kappa shape index (κ3) is 3.01. The number of allylic oxidation sites excluding steroid dienone is 1. The first-order valence-corrected chi connectivity index (χ1v) is 7.51. The maximum absolute atomic E-state index is 12.7. The summed E-state index contributed by atoms with van der Waals surface area (Å²) >= 11 is 0. The normalized spacial score (nSPS) is 11.5. The van der Waals surface area contributed by atoms with Crippen LogP contribution in [0.5, 0.6) is 11.8 Å². The number of H-pyrrole nitrogens is 1. The van der Waals surface area contributed by atoms with Gasteiger partial charge in [-0.3, -0.25) is 4.79 Å². The van der Waals surface area contributed by atoms with Crippen LogP contribution in [-0.2, 0) is 0 Å². The first kappa shape index (κ1) is 15.8. The van der Waals surface area contributed by atoms with Crippen LogP contribution in [-0.4, -0.2) is 30.0 Å². The number of ketones is 1. The molecular weight excluding hydrogens is 304 g/mol. The van der Waals surface area contributed by atoms with Crippen molar-refractivity contribution < 1.29 is 14.3 Å². The number of fused-ring (bicyclic) bond motifs is 1. The maximum Gasteiger partial charge on any atom is 0.216 e. The zero-order valence-corrected chi connectivity index (χ0v) is 13.8. The van der Waals surface area contributed by atoms with Crippen LogP contribution in [0, 0.1) is 0 Å². The number of pyridine rings is 1. The fourth-order valence-electron chi connectivity index (χ4n) is 2.56. The minimum Gasteiger partial charge on any atom is -0.481 e. The molecule has 5 nitrogen and oxygen atoms in total. The summed E-state index contributed by atoms with van der Waals surface area (Å²) in [6.07, 6.45) is 3.77. The minimum absolute atomic E-state index is 0.0979. The number of hydrogen-bond acceptors (Lipinski definition) is 4. The molecule has 3 rings (SSSR count). The summed E-state index contributed by atoms with van der Waals surface area (Å²) in [5, 5.41) is 1.08. The van der Waals surface area contributed by atoms with Crippen LogP contribution in [0.15, 0.2) is 48.2 Å². The number of carbonyl (C=O) groups is 1. The lowest BCUT2D eigenvalue weighted by Crippen LogP contribution is -2.03. The van der Waals surface area contributed by atoms with Crippen LogP contribution < -0.4 is 9.47 Å². The molecule has 0 aliphatic carbocycles. The van der Waals surface area contributed by atoms with Gasteiger partial charge in [0.05, 0.1) is 14.2 Å². The topological polar surface area (TPSA) is 64.2 Å². The van der Waals surface area contributed by atoms with Gasteiger partial charge in [-0.15, -0.1) is 0 Å². The molecule has 0 radical (unpaired) electrons. The molecule has 1 N–H and O–H groups in total. The van der Waals surface area contributed by atoms with Gasteiger partial charge in [-0.1, -0.05) is 18.2 Å². The number of nitrogens with zero attached hydrogens (tertiary/aromatic N) is 1. The highest BCUT2D eigenvalue weighted by molar-refractivity contribution is 6.12. The second-order valence-electron chi connectivity index (χ2n) is 5.39. The summed E-state index contributed by atoms with van der Waals surface area (Å²) < 4.78 is 10.2. The fraction of sp³-hybridized carbons (Fsp3) is 0.158. The molecule has 0 unspecified atom stereocenters. The van der Waals surface area contributed by atoms with Crippen LogP contribution >= 0.6 is 0 Å². The quantitative estimate of drug-likeness (QED) is 0.572. The number of benzene rings is 1. The number of carbonyl (C=O) groups excluding carboxylic acids is 1. The number of aromatic amines is 1. The summed E-state index contributed by atoms with van der Waals surface area (Å²) in [5.74, 6) is 0.592. The molecule has 1 aromatic carbocycles. The molecule has 2 heterocycles. The molecule has 122 valence electrons. The lowest BCUT2D eigenvalue weighted by molar-refractivity contribution is 0.103. The summed E-state index contributed by atoms with van der Waals surface area (Å²) in [6.45, 7) is 1.80. The molecule has 2 aromatic heterocycles. The highest BCUT2D eigenvalue weighted by Gasteiger charge is 2.13. The molecule has 0 saturated carbocycles. The van der Waals surface area contributed by atoms with E-state index < -0.39 is 0 Å². The van der Waals surface area contributed by atoms with Crippen molar-refractivity contribution in [1.29, 1.82) is 0 Å². The molecule has 0 amide bonds. The Morgan fingerprint density at radius 1 is 1.12 bits per heavy atom. The van der Waals surface area contributed by atoms with Gasteiger partial charge in [-0.25, -0.2) is 0 Å². The molecule has 24 heavy (non-hydrogen) atoms. The zero-order chi connectivity index (χ0) is 17.1. The van der Waals surface area contributed by atoms with Gasteiger partial charge in [0, 0.05) is 40.4 Å². The van der Waals surface area contributed by atoms with Crippen molar-refractivity contribution in [1.82, 2.24) is 9.97 Å². The Balaban J connectivity index is 1.97. The van der Waals surface area contributed by atoms with Crippen LogP contribution in [0.1, 0.15) is 22.8 Å². The van der Waals surface area contributed by atoms with E-state index in [1.807, 2.05) is 36.5 Å². The third-order valence-corrected chi connectivity index (χ3v) is 3.81. The van der Waals surface area contributed by atoms with Crippen molar-refractivity contribution in [3.63, 3.8) is 0 Å². The number of hydrogen-bond donors (Lipinski definition) is 1. The Labute approximate surface area is 139 Å². The standard InChI is InChI=1S/C19H18N2O3/c1-12(8-14-11-20-16-7-5-4-6-15(14)16)19(22)13-9-17(23-2)21-18(10-13)24-3/h4-11,20H,1-3H3/b12-8+. The van der Waals surface area contributed by atoms with Gasteiger partial charge in [-0.05, 0) is 24.6 Å². The molecule has 0 spiro atoms. The van der Waals surface area contributed by atoms with Crippen molar-refractivity contribution in [2.24, 2.45) is 0 Å². The van der Waals surface area contributed by atoms with E-state index in [4.69, 9.17) is 9.47 Å². The van der Waals surface area contributed by atoms with Gasteiger partial charge in [0.15, 0.2) is 5.78 Å². The van der Waals surface area contributed by atoms with Crippen molar-refractivity contribution in [2.75, 3.05) is 14.2 Å². The number of nitrogens with one attached hydrogen (secondary N) is 1. The molecule has 0 fully saturated rings. The number of aromatic nitrogens is 2. The summed E-state index contributed by atoms with van der Waals surface area (Å²) in [6, 6.07) is 11.2. The number of ether oxygens (including phenoxy) is 2. The SMILES string of the molecule is COc1cc(C(=O)/C(C)=C/c2c[nH]c3ccccc23)cc(OC)n1. The Kier molecular flexibility index (Phi) is 4.33. The van der Waals surface area contributed by atoms with Crippen molar-refractivity contribution in [3.05, 3.63) is 59.3 Å². The lowest BCUT2D eigenvalue weighted by atomic mass is 10.0. The Hall–Kier alpha value is -3.08. The van der Waals surface area contributed by atoms with E-state index >= 15 is 0 Å². The first-order valence-electron chi connectivity index (χ1n) is 7.51. The highest BCUT2D eigenvalue weighted by Crippen LogP contribution is 2.23. The minimum atomic E-state index is -0.0979. The van der Waals surface area contributed by atoms with Crippen LogP contribution in [0.4, 0.5) is 0 Å². The van der Waals surface area contributed by atoms with Crippen molar-refractivity contribution in [3.8, 4) is 11.8 Å². The molecule has 0 atom stereocenters. The van der Waals surface area contributed by atoms with E-state index in [9.17, 15) is 4.79 Å². The second-order valence-corrected chi connectivity index (χ2v) is 5.39. The summed E-state index contributed by atoms with van der Waals surface area (Å²) in [7, 11) is 3.01. The molecule has 0 aliphatic heterocycles. The summed E-state index contributed by atoms with van der Waals surface area (Å²) in [4.78, 5) is 20.0. The second kappa shape index (κ2) is 6.58. The van der Waals surface area contributed by atoms with E-state index in [0.717, 1.165) is 16.5 Å². The molecule has 5 heteroatoms. The number of para-hydroxylation sites is 1. The average Bonchev–Trinajstić information content (AvgIpc) is 3.03. The van der Waals surface area contributed by atoms with Crippen LogP contribution in [0.25, 0.3) is 17.0 Å². The van der Waals surface area contributed by atoms with Crippen molar-refractivity contribution in [2.45, 2.75) is 6.92 Å². The number of rotatable bonds is 5. The maximum atomic E-state index is 12.7. The predicted molar refractivity (Wildman–Crippen MR) is 93.6 cm³/mol. The van der Waals surface area contributed by atoms with Crippen molar-refractivity contribution >= 4 is 22.8 Å². The Bertz CT molecular complexity index is 903. The monoisotopic (exact) mass is 322 g/mol. The van der Waals surface area contributed by atoms with E-state index in [0.29, 0.717) is 22.9 Å². The van der Waals surface area contributed by atoms with Gasteiger partial charge >= 0.3 is 0 Å². The first-order chi connectivity index (χ1) is 11.6. The third-order valence-electron chi connectivity index (χ3n) is 3.81. The van der Waals surface area contributed by atoms with Gasteiger partial charge in [0.25, 0.3) is 0 Å². The van der Waals surface area contributed by atoms with Crippen LogP contribution in [0.2, 0.25) is 0 Å². The van der Waals surface area contributed by atoms with E-state index in [2.05, 4.69) is 9.97 Å². The van der Waals surface area contributed by atoms with E-state index in [-0.39, 0.29) is 5.78 Å². The van der Waals surface area contributed by atoms with E-state index in [1.165, 1.54) is 14.2 Å². The van der Waals surface area contributed by atoms with Gasteiger partial charge in [0.2, 0.25) is 11.8 Å². The predicted octanol–water partition coefficient (Wildman–Crippen LogP) is 3.87. The van der Waals surface area contributed by atoms with Gasteiger partial charge in [-0.2, -0.15) is 4.98 Å². The number of Topliss-reactive ketones (excluding diaryl/α,β-unsaturated/α-hetero) is 1. The molecule has 0 bridgehead atoms. The van der Waals surface area contributed by atoms with Gasteiger partial charge < -0.3 is 14.5 Å². The van der Waals surface area contributed by atoms with Gasteiger partial charge in [0.1, 0.15) is 0 Å². The van der Waals surface area contributed by atoms with E-state index in [1.54, 1.807) is 19.1 Å². The smallest absolute Gasteiger partial charge is 0.216 e. The molecule has 0 saturated heterocycles. The lowest BCUT2D eigenvalue weighted by Gasteiger charge is -2.07. The van der Waals surface area contributed by atoms with Crippen LogP contribution in [0.3, 0.4) is 0 Å². The fourth-order valence-corrected chi connectivity index (χ4v) is 2.56. The molecule has 3 aromatic rings.